The van der Waals surface area contributed by atoms with Crippen LogP contribution < -0.4 is 5.73 Å². The fraction of sp³-hybridized carbons (Fsp3) is 0.438. The van der Waals surface area contributed by atoms with Gasteiger partial charge in [-0.25, -0.2) is 4.98 Å². The molecule has 1 heterocycles. The number of halogens is 1. The summed E-state index contributed by atoms with van der Waals surface area (Å²) in [6.45, 7) is 7.16. The maximum atomic E-state index is 5.94. The highest BCUT2D eigenvalue weighted by atomic mass is 35.5. The monoisotopic (exact) mass is 308 g/mol. The maximum Gasteiger partial charge on any atom is 0.0975 e. The van der Waals surface area contributed by atoms with Gasteiger partial charge in [-0.1, -0.05) is 44.5 Å². The Morgan fingerprint density at radius 2 is 1.90 bits per heavy atom. The van der Waals surface area contributed by atoms with E-state index in [1.165, 1.54) is 5.56 Å². The van der Waals surface area contributed by atoms with Crippen LogP contribution in [0.25, 0.3) is 0 Å². The third-order valence-corrected chi connectivity index (χ3v) is 4.58. The number of benzene rings is 1. The molecule has 0 aliphatic carbocycles. The Kier molecular flexibility index (Phi) is 4.84. The van der Waals surface area contributed by atoms with E-state index < -0.39 is 0 Å². The van der Waals surface area contributed by atoms with E-state index in [0.717, 1.165) is 22.1 Å². The van der Waals surface area contributed by atoms with E-state index in [1.807, 2.05) is 12.1 Å². The first-order chi connectivity index (χ1) is 9.40. The largest absolute Gasteiger partial charge is 0.330 e. The molecule has 0 fully saturated rings. The zero-order valence-corrected chi connectivity index (χ0v) is 13.8. The van der Waals surface area contributed by atoms with Crippen molar-refractivity contribution in [2.24, 2.45) is 5.73 Å². The zero-order valence-electron chi connectivity index (χ0n) is 12.2. The van der Waals surface area contributed by atoms with Crippen LogP contribution in [0.4, 0.5) is 0 Å². The summed E-state index contributed by atoms with van der Waals surface area (Å²) in [6, 6.07) is 7.96. The Balaban J connectivity index is 2.16. The highest BCUT2D eigenvalue weighted by Crippen LogP contribution is 2.29. The summed E-state index contributed by atoms with van der Waals surface area (Å²) in [7, 11) is 0. The van der Waals surface area contributed by atoms with Gasteiger partial charge in [-0.05, 0) is 24.1 Å². The van der Waals surface area contributed by atoms with E-state index in [0.29, 0.717) is 6.54 Å². The van der Waals surface area contributed by atoms with E-state index in [9.17, 15) is 0 Å². The smallest absolute Gasteiger partial charge is 0.0975 e. The van der Waals surface area contributed by atoms with Gasteiger partial charge in [-0.2, -0.15) is 0 Å². The first kappa shape index (κ1) is 15.5. The van der Waals surface area contributed by atoms with Crippen molar-refractivity contribution in [2.75, 3.05) is 6.54 Å². The molecule has 2 rings (SSSR count). The Bertz CT molecular complexity index is 555. The van der Waals surface area contributed by atoms with Gasteiger partial charge < -0.3 is 5.73 Å². The van der Waals surface area contributed by atoms with Crippen molar-refractivity contribution in [3.63, 3.8) is 0 Å². The first-order valence-corrected chi connectivity index (χ1v) is 8.06. The molecule has 1 atom stereocenters. The molecule has 108 valence electrons. The average Bonchev–Trinajstić information content (AvgIpc) is 2.87. The van der Waals surface area contributed by atoms with Gasteiger partial charge in [-0.3, -0.25) is 0 Å². The van der Waals surface area contributed by atoms with Gasteiger partial charge in [0.15, 0.2) is 0 Å². The minimum absolute atomic E-state index is 0.0914. The molecule has 0 saturated heterocycles. The Hall–Kier alpha value is -0.900. The molecule has 0 aliphatic heterocycles. The summed E-state index contributed by atoms with van der Waals surface area (Å²) in [5.74, 6) is 0.275. The molecule has 20 heavy (non-hydrogen) atoms. The SMILES string of the molecule is CC(C)(C)c1csc(C(CN)Cc2ccc(Cl)cc2)n1. The lowest BCUT2D eigenvalue weighted by atomic mass is 9.93. The van der Waals surface area contributed by atoms with Crippen LogP contribution in [0.3, 0.4) is 0 Å². The number of thiazole rings is 1. The molecule has 0 bridgehead atoms. The van der Waals surface area contributed by atoms with Gasteiger partial charge in [0.25, 0.3) is 0 Å². The predicted octanol–water partition coefficient (Wildman–Crippen LogP) is 4.38. The van der Waals surface area contributed by atoms with Crippen molar-refractivity contribution in [3.8, 4) is 0 Å². The molecule has 1 unspecified atom stereocenters. The lowest BCUT2D eigenvalue weighted by molar-refractivity contribution is 0.566. The number of aromatic nitrogens is 1. The lowest BCUT2D eigenvalue weighted by Crippen LogP contribution is -2.16. The molecule has 0 spiro atoms. The fourth-order valence-corrected chi connectivity index (χ4v) is 3.28. The topological polar surface area (TPSA) is 38.9 Å². The third-order valence-electron chi connectivity index (χ3n) is 3.32. The molecule has 0 aliphatic rings. The van der Waals surface area contributed by atoms with E-state index >= 15 is 0 Å². The van der Waals surface area contributed by atoms with Crippen molar-refractivity contribution >= 4 is 22.9 Å². The lowest BCUT2D eigenvalue weighted by Gasteiger charge is -2.15. The molecular formula is C16H21ClN2S. The van der Waals surface area contributed by atoms with Crippen LogP contribution in [0.15, 0.2) is 29.6 Å². The molecule has 0 radical (unpaired) electrons. The van der Waals surface area contributed by atoms with Crippen LogP contribution in [0, 0.1) is 0 Å². The normalized spacial score (nSPS) is 13.4. The minimum atomic E-state index is 0.0914. The molecule has 2 aromatic rings. The van der Waals surface area contributed by atoms with Gasteiger partial charge in [0, 0.05) is 28.3 Å². The summed E-state index contributed by atoms with van der Waals surface area (Å²) in [5.41, 5.74) is 8.43. The molecule has 0 saturated carbocycles. The van der Waals surface area contributed by atoms with Gasteiger partial charge in [0.1, 0.15) is 0 Å². The summed E-state index contributed by atoms with van der Waals surface area (Å²) in [5, 5.41) is 4.05. The molecule has 4 heteroatoms. The van der Waals surface area contributed by atoms with Gasteiger partial charge >= 0.3 is 0 Å². The summed E-state index contributed by atoms with van der Waals surface area (Å²) in [6.07, 6.45) is 0.908. The molecule has 1 aromatic carbocycles. The first-order valence-electron chi connectivity index (χ1n) is 6.80. The summed E-state index contributed by atoms with van der Waals surface area (Å²) in [4.78, 5) is 4.78. The average molecular weight is 309 g/mol. The van der Waals surface area contributed by atoms with Crippen LogP contribution in [-0.2, 0) is 11.8 Å². The fourth-order valence-electron chi connectivity index (χ4n) is 2.00. The number of nitrogens with two attached hydrogens (primary N) is 1. The van der Waals surface area contributed by atoms with Crippen LogP contribution in [-0.4, -0.2) is 11.5 Å². The Labute approximate surface area is 130 Å². The zero-order chi connectivity index (χ0) is 14.8. The van der Waals surface area contributed by atoms with Crippen molar-refractivity contribution < 1.29 is 0 Å². The standard InChI is InChI=1S/C16H21ClN2S/c1-16(2,3)14-10-20-15(19-14)12(9-18)8-11-4-6-13(17)7-5-11/h4-7,10,12H,8-9,18H2,1-3H3. The van der Waals surface area contributed by atoms with E-state index in [4.69, 9.17) is 22.3 Å². The van der Waals surface area contributed by atoms with Crippen LogP contribution in [0.1, 0.15) is 43.0 Å². The van der Waals surface area contributed by atoms with E-state index in [-0.39, 0.29) is 11.3 Å². The summed E-state index contributed by atoms with van der Waals surface area (Å²) >= 11 is 7.63. The number of hydrogen-bond acceptors (Lipinski definition) is 3. The highest BCUT2D eigenvalue weighted by Gasteiger charge is 2.21. The second kappa shape index (κ2) is 6.25. The Morgan fingerprint density at radius 3 is 2.40 bits per heavy atom. The second-order valence-electron chi connectivity index (χ2n) is 6.08. The second-order valence-corrected chi connectivity index (χ2v) is 7.41. The Morgan fingerprint density at radius 1 is 1.25 bits per heavy atom. The van der Waals surface area contributed by atoms with E-state index in [2.05, 4.69) is 38.3 Å². The van der Waals surface area contributed by atoms with Crippen LogP contribution >= 0.6 is 22.9 Å². The number of hydrogen-bond donors (Lipinski definition) is 1. The molecule has 0 amide bonds. The molecular weight excluding hydrogens is 288 g/mol. The van der Waals surface area contributed by atoms with Crippen molar-refractivity contribution in [3.05, 3.63) is 50.9 Å². The van der Waals surface area contributed by atoms with Crippen LogP contribution in [0.2, 0.25) is 5.02 Å². The number of nitrogens with zero attached hydrogens (tertiary/aromatic N) is 1. The minimum Gasteiger partial charge on any atom is -0.330 e. The third kappa shape index (κ3) is 3.81. The molecule has 2 N–H and O–H groups in total. The van der Waals surface area contributed by atoms with Crippen molar-refractivity contribution in [2.45, 2.75) is 38.5 Å². The molecule has 2 nitrogen and oxygen atoms in total. The summed E-state index contributed by atoms with van der Waals surface area (Å²) < 4.78 is 0. The predicted molar refractivity (Wildman–Crippen MR) is 87.8 cm³/mol. The highest BCUT2D eigenvalue weighted by molar-refractivity contribution is 7.09. The van der Waals surface area contributed by atoms with Gasteiger partial charge in [0.2, 0.25) is 0 Å². The number of rotatable bonds is 4. The van der Waals surface area contributed by atoms with Crippen molar-refractivity contribution in [1.29, 1.82) is 0 Å². The maximum absolute atomic E-state index is 5.94. The van der Waals surface area contributed by atoms with Gasteiger partial charge in [0.05, 0.1) is 10.7 Å². The van der Waals surface area contributed by atoms with Gasteiger partial charge in [-0.15, -0.1) is 11.3 Å². The van der Waals surface area contributed by atoms with E-state index in [1.54, 1.807) is 11.3 Å². The molecule has 1 aromatic heterocycles. The quantitative estimate of drug-likeness (QED) is 0.910. The van der Waals surface area contributed by atoms with Crippen molar-refractivity contribution in [1.82, 2.24) is 4.98 Å². The van der Waals surface area contributed by atoms with Crippen LogP contribution in [0.5, 0.6) is 0 Å².